The molecule has 0 atom stereocenters. The lowest BCUT2D eigenvalue weighted by molar-refractivity contribution is -0.129. The first kappa shape index (κ1) is 7.54. The first-order chi connectivity index (χ1) is 5.68. The van der Waals surface area contributed by atoms with Gasteiger partial charge in [-0.25, -0.2) is 4.79 Å². The quantitative estimate of drug-likeness (QED) is 0.499. The molecule has 5 nitrogen and oxygen atoms in total. The van der Waals surface area contributed by atoms with Crippen LogP contribution in [-0.4, -0.2) is 40.6 Å². The number of aliphatic hydroxyl groups excluding tert-OH is 1. The van der Waals surface area contributed by atoms with E-state index in [0.29, 0.717) is 12.8 Å². The van der Waals surface area contributed by atoms with Gasteiger partial charge in [0, 0.05) is 6.04 Å². The molecule has 0 spiro atoms. The summed E-state index contributed by atoms with van der Waals surface area (Å²) in [6.07, 6.45) is 0.717. The summed E-state index contributed by atoms with van der Waals surface area (Å²) in [6, 6.07) is -0.396. The summed E-state index contributed by atoms with van der Waals surface area (Å²) < 4.78 is 0. The van der Waals surface area contributed by atoms with Crippen LogP contribution in [-0.2, 0) is 4.79 Å². The summed E-state index contributed by atoms with van der Waals surface area (Å²) >= 11 is 0. The largest absolute Gasteiger partial charge is 0.393 e. The van der Waals surface area contributed by atoms with Crippen molar-refractivity contribution in [3.05, 3.63) is 0 Å². The van der Waals surface area contributed by atoms with Crippen LogP contribution < -0.4 is 5.32 Å². The van der Waals surface area contributed by atoms with Crippen molar-refractivity contribution in [2.45, 2.75) is 25.0 Å². The van der Waals surface area contributed by atoms with Crippen LogP contribution in [0.5, 0.6) is 0 Å². The molecule has 1 saturated carbocycles. The Labute approximate surface area is 69.3 Å². The number of nitrogens with zero attached hydrogens (tertiary/aromatic N) is 1. The zero-order valence-electron chi connectivity index (χ0n) is 6.49. The fourth-order valence-electron chi connectivity index (χ4n) is 1.57. The van der Waals surface area contributed by atoms with Gasteiger partial charge in [-0.2, -0.15) is 0 Å². The van der Waals surface area contributed by atoms with Gasteiger partial charge in [-0.1, -0.05) is 0 Å². The molecule has 0 bridgehead atoms. The molecule has 0 unspecified atom stereocenters. The molecule has 2 fully saturated rings. The van der Waals surface area contributed by atoms with E-state index in [4.69, 9.17) is 5.11 Å². The van der Waals surface area contributed by atoms with E-state index in [2.05, 4.69) is 5.32 Å². The van der Waals surface area contributed by atoms with Crippen LogP contribution >= 0.6 is 0 Å². The molecule has 1 heterocycles. The Bertz CT molecular complexity index is 219. The third-order valence-electron chi connectivity index (χ3n) is 2.33. The highest BCUT2D eigenvalue weighted by Gasteiger charge is 2.41. The number of carbonyl (C=O) groups is 2. The molecule has 2 N–H and O–H groups in total. The van der Waals surface area contributed by atoms with E-state index in [-0.39, 0.29) is 30.6 Å². The van der Waals surface area contributed by atoms with Crippen LogP contribution in [0.3, 0.4) is 0 Å². The van der Waals surface area contributed by atoms with Crippen molar-refractivity contribution in [1.82, 2.24) is 10.2 Å². The third kappa shape index (κ3) is 0.972. The van der Waals surface area contributed by atoms with Crippen LogP contribution in [0.4, 0.5) is 4.79 Å². The Morgan fingerprint density at radius 2 is 2.08 bits per heavy atom. The van der Waals surface area contributed by atoms with Crippen LogP contribution in [0.15, 0.2) is 0 Å². The second-order valence-corrected chi connectivity index (χ2v) is 3.20. The van der Waals surface area contributed by atoms with Crippen molar-refractivity contribution in [3.8, 4) is 0 Å². The van der Waals surface area contributed by atoms with Crippen LogP contribution in [0.1, 0.15) is 12.8 Å². The second kappa shape index (κ2) is 2.45. The monoisotopic (exact) mass is 170 g/mol. The number of amides is 3. The Morgan fingerprint density at radius 3 is 2.50 bits per heavy atom. The van der Waals surface area contributed by atoms with Crippen LogP contribution in [0.2, 0.25) is 0 Å². The van der Waals surface area contributed by atoms with Gasteiger partial charge in [0.1, 0.15) is 0 Å². The normalized spacial score (nSPS) is 34.9. The van der Waals surface area contributed by atoms with E-state index in [0.717, 1.165) is 0 Å². The molecule has 1 saturated heterocycles. The number of aliphatic hydroxyl groups is 1. The zero-order chi connectivity index (χ0) is 8.72. The van der Waals surface area contributed by atoms with Gasteiger partial charge in [-0.15, -0.1) is 0 Å². The molecule has 2 rings (SSSR count). The van der Waals surface area contributed by atoms with Crippen molar-refractivity contribution in [2.75, 3.05) is 6.54 Å². The molecule has 2 aliphatic rings. The minimum Gasteiger partial charge on any atom is -0.393 e. The van der Waals surface area contributed by atoms with Gasteiger partial charge in [0.05, 0.1) is 12.6 Å². The van der Waals surface area contributed by atoms with Gasteiger partial charge in [-0.05, 0) is 12.8 Å². The molecule has 0 radical (unpaired) electrons. The van der Waals surface area contributed by atoms with Crippen molar-refractivity contribution in [3.63, 3.8) is 0 Å². The zero-order valence-corrected chi connectivity index (χ0v) is 6.49. The van der Waals surface area contributed by atoms with E-state index < -0.39 is 0 Å². The number of carbonyl (C=O) groups excluding carboxylic acids is 2. The highest BCUT2D eigenvalue weighted by Crippen LogP contribution is 2.26. The lowest BCUT2D eigenvalue weighted by atomic mass is 9.88. The molecule has 5 heteroatoms. The number of hydrogen-bond donors (Lipinski definition) is 2. The Morgan fingerprint density at radius 1 is 1.42 bits per heavy atom. The molecular formula is C7H10N2O3. The number of urea groups is 1. The van der Waals surface area contributed by atoms with E-state index in [1.54, 1.807) is 0 Å². The van der Waals surface area contributed by atoms with Crippen molar-refractivity contribution in [2.24, 2.45) is 0 Å². The summed E-state index contributed by atoms with van der Waals surface area (Å²) in [5.74, 6) is -0.183. The van der Waals surface area contributed by atoms with Gasteiger partial charge in [0.2, 0.25) is 5.91 Å². The topological polar surface area (TPSA) is 69.6 Å². The number of hydrogen-bond acceptors (Lipinski definition) is 3. The first-order valence-electron chi connectivity index (χ1n) is 3.96. The molecule has 3 amide bonds. The maximum absolute atomic E-state index is 11.1. The Kier molecular flexibility index (Phi) is 1.54. The fraction of sp³-hybridized carbons (Fsp3) is 0.714. The summed E-state index contributed by atoms with van der Waals surface area (Å²) in [5.41, 5.74) is 0. The number of imide groups is 1. The first-order valence-corrected chi connectivity index (χ1v) is 3.96. The fourth-order valence-corrected chi connectivity index (χ4v) is 1.57. The van der Waals surface area contributed by atoms with Crippen molar-refractivity contribution >= 4 is 11.9 Å². The Hall–Kier alpha value is -1.10. The average molecular weight is 170 g/mol. The summed E-state index contributed by atoms with van der Waals surface area (Å²) in [5, 5.41) is 11.4. The summed E-state index contributed by atoms with van der Waals surface area (Å²) in [6.45, 7) is 0.103. The maximum atomic E-state index is 11.1. The van der Waals surface area contributed by atoms with E-state index in [9.17, 15) is 9.59 Å². The maximum Gasteiger partial charge on any atom is 0.324 e. The van der Waals surface area contributed by atoms with Gasteiger partial charge in [0.15, 0.2) is 0 Å². The minimum absolute atomic E-state index is 0.0741. The van der Waals surface area contributed by atoms with Gasteiger partial charge >= 0.3 is 6.03 Å². The van der Waals surface area contributed by atoms with Crippen molar-refractivity contribution in [1.29, 1.82) is 0 Å². The predicted molar refractivity (Wildman–Crippen MR) is 39.3 cm³/mol. The van der Waals surface area contributed by atoms with Crippen LogP contribution in [0.25, 0.3) is 0 Å². The average Bonchev–Trinajstić information content (AvgIpc) is 2.26. The number of nitrogens with one attached hydrogen (secondary N) is 1. The van der Waals surface area contributed by atoms with Gasteiger partial charge in [0.25, 0.3) is 0 Å². The van der Waals surface area contributed by atoms with Crippen molar-refractivity contribution < 1.29 is 14.7 Å². The highest BCUT2D eigenvalue weighted by molar-refractivity contribution is 6.02. The SMILES string of the molecule is O=C1CNC(=O)N1C1CC(O)C1. The van der Waals surface area contributed by atoms with Gasteiger partial charge in [-0.3, -0.25) is 9.69 Å². The van der Waals surface area contributed by atoms with E-state index >= 15 is 0 Å². The lowest BCUT2D eigenvalue weighted by Crippen LogP contribution is -2.50. The molecule has 0 aromatic rings. The second-order valence-electron chi connectivity index (χ2n) is 3.20. The van der Waals surface area contributed by atoms with Crippen LogP contribution in [0, 0.1) is 0 Å². The molecule has 1 aliphatic heterocycles. The van der Waals surface area contributed by atoms with E-state index in [1.807, 2.05) is 0 Å². The molecule has 1 aliphatic carbocycles. The Balaban J connectivity index is 2.03. The highest BCUT2D eigenvalue weighted by atomic mass is 16.3. The lowest BCUT2D eigenvalue weighted by Gasteiger charge is -2.36. The molecule has 0 aromatic carbocycles. The van der Waals surface area contributed by atoms with E-state index in [1.165, 1.54) is 4.90 Å². The molecule has 66 valence electrons. The molecule has 0 aromatic heterocycles. The predicted octanol–water partition coefficient (Wildman–Crippen LogP) is -0.939. The van der Waals surface area contributed by atoms with Gasteiger partial charge < -0.3 is 10.4 Å². The third-order valence-corrected chi connectivity index (χ3v) is 2.33. The molecular weight excluding hydrogens is 160 g/mol. The number of rotatable bonds is 1. The summed E-state index contributed by atoms with van der Waals surface area (Å²) in [7, 11) is 0. The molecule has 12 heavy (non-hydrogen) atoms. The standard InChI is InChI=1S/C7H10N2O3/c10-5-1-4(2-5)9-6(11)3-8-7(9)12/h4-5,10H,1-3H2,(H,8,12). The minimum atomic E-state index is -0.337. The smallest absolute Gasteiger partial charge is 0.324 e. The summed E-state index contributed by atoms with van der Waals surface area (Å²) in [4.78, 5) is 23.3.